The molecule has 0 saturated heterocycles. The molecule has 0 aromatic heterocycles. The van der Waals surface area contributed by atoms with Gasteiger partial charge in [-0.25, -0.2) is 0 Å². The zero-order valence-electron chi connectivity index (χ0n) is 4.98. The number of hydrogen-bond acceptors (Lipinski definition) is 1. The van der Waals surface area contributed by atoms with Crippen molar-refractivity contribution < 1.29 is 5.11 Å². The van der Waals surface area contributed by atoms with Gasteiger partial charge in [0, 0.05) is 11.1 Å². The summed E-state index contributed by atoms with van der Waals surface area (Å²) in [7, 11) is 0. The monoisotopic (exact) mass is 141 g/mol. The van der Waals surface area contributed by atoms with Crippen LogP contribution in [0.3, 0.4) is 0 Å². The molecule has 0 aliphatic carbocycles. The molecule has 1 aromatic rings. The summed E-state index contributed by atoms with van der Waals surface area (Å²) in [6.07, 6.45) is 0. The molecular weight excluding hydrogens is 136 g/mol. The molecule has 1 aromatic carbocycles. The lowest BCUT2D eigenvalue weighted by atomic mass is 10.2. The van der Waals surface area contributed by atoms with Crippen LogP contribution in [0.1, 0.15) is 5.56 Å². The van der Waals surface area contributed by atoms with E-state index in [0.29, 0.717) is 5.02 Å². The largest absolute Gasteiger partial charge is 0.507 e. The van der Waals surface area contributed by atoms with Gasteiger partial charge in [-0.2, -0.15) is 0 Å². The van der Waals surface area contributed by atoms with E-state index in [1.165, 1.54) is 6.07 Å². The average Bonchev–Trinajstić information content (AvgIpc) is 1.59. The smallest absolute Gasteiger partial charge is 0.125 e. The summed E-state index contributed by atoms with van der Waals surface area (Å²) < 4.78 is 0. The predicted octanol–water partition coefficient (Wildman–Crippen LogP) is 2.15. The fourth-order valence-electron chi connectivity index (χ4n) is 0.653. The molecule has 0 saturated carbocycles. The molecule has 2 heteroatoms. The minimum atomic E-state index is 0.0972. The van der Waals surface area contributed by atoms with E-state index in [9.17, 15) is 0 Å². The van der Waals surface area contributed by atoms with E-state index in [1.807, 2.05) is 6.92 Å². The first-order valence-electron chi connectivity index (χ1n) is 2.57. The highest BCUT2D eigenvalue weighted by Gasteiger charge is 1.92. The Bertz CT molecular complexity index is 170. The molecule has 1 rings (SSSR count). The van der Waals surface area contributed by atoms with Gasteiger partial charge in [0.25, 0.3) is 0 Å². The number of hydrogen-bond donors (Lipinski definition) is 1. The van der Waals surface area contributed by atoms with Gasteiger partial charge in [0.2, 0.25) is 0 Å². The maximum Gasteiger partial charge on any atom is 0.125 e. The SMILES string of the molecule is Cc1[c]c(O)cc(Cl)c1. The number of halogens is 1. The number of aryl methyl sites for hydroxylation is 1. The van der Waals surface area contributed by atoms with Gasteiger partial charge in [-0.3, -0.25) is 0 Å². The van der Waals surface area contributed by atoms with Gasteiger partial charge in [0.15, 0.2) is 0 Å². The van der Waals surface area contributed by atoms with Gasteiger partial charge >= 0.3 is 0 Å². The van der Waals surface area contributed by atoms with Gasteiger partial charge < -0.3 is 5.11 Å². The molecule has 0 heterocycles. The first kappa shape index (κ1) is 6.43. The van der Waals surface area contributed by atoms with E-state index in [1.54, 1.807) is 6.07 Å². The molecule has 0 bridgehead atoms. The Labute approximate surface area is 58.9 Å². The molecule has 47 valence electrons. The number of phenols is 1. The second kappa shape index (κ2) is 2.28. The zero-order valence-corrected chi connectivity index (χ0v) is 5.74. The Morgan fingerprint density at radius 3 is 2.67 bits per heavy atom. The standard InChI is InChI=1S/C7H6ClO/c1-5-2-6(8)4-7(9)3-5/h2,4,9H,1H3. The second-order valence-corrected chi connectivity index (χ2v) is 2.30. The maximum absolute atomic E-state index is 8.85. The van der Waals surface area contributed by atoms with Crippen molar-refractivity contribution >= 4 is 11.6 Å². The highest BCUT2D eigenvalue weighted by Crippen LogP contribution is 2.17. The molecule has 0 atom stereocenters. The lowest BCUT2D eigenvalue weighted by Gasteiger charge is -1.93. The quantitative estimate of drug-likeness (QED) is 0.587. The van der Waals surface area contributed by atoms with Gasteiger partial charge in [0.05, 0.1) is 0 Å². The number of phenolic OH excluding ortho intramolecular Hbond substituents is 1. The summed E-state index contributed by atoms with van der Waals surface area (Å²) in [6.45, 7) is 1.82. The Morgan fingerprint density at radius 1 is 1.56 bits per heavy atom. The molecule has 1 radical (unpaired) electrons. The third kappa shape index (κ3) is 1.61. The predicted molar refractivity (Wildman–Crippen MR) is 36.7 cm³/mol. The summed E-state index contributed by atoms with van der Waals surface area (Å²) >= 11 is 5.57. The lowest BCUT2D eigenvalue weighted by Crippen LogP contribution is -1.71. The van der Waals surface area contributed by atoms with Crippen LogP contribution < -0.4 is 0 Å². The van der Waals surface area contributed by atoms with Crippen molar-refractivity contribution in [3.8, 4) is 5.75 Å². The third-order valence-corrected chi connectivity index (χ3v) is 1.17. The van der Waals surface area contributed by atoms with E-state index < -0.39 is 0 Å². The Kier molecular flexibility index (Phi) is 1.63. The first-order chi connectivity index (χ1) is 4.18. The fraction of sp³-hybridized carbons (Fsp3) is 0.143. The van der Waals surface area contributed by atoms with Crippen molar-refractivity contribution in [1.82, 2.24) is 0 Å². The lowest BCUT2D eigenvalue weighted by molar-refractivity contribution is 0.474. The highest BCUT2D eigenvalue weighted by atomic mass is 35.5. The Hall–Kier alpha value is -0.690. The van der Waals surface area contributed by atoms with Crippen LogP contribution in [0.4, 0.5) is 0 Å². The van der Waals surface area contributed by atoms with Crippen molar-refractivity contribution in [1.29, 1.82) is 0 Å². The Balaban J connectivity index is 3.17. The zero-order chi connectivity index (χ0) is 6.85. The molecule has 0 aliphatic rings. The molecular formula is C7H6ClO. The molecule has 0 fully saturated rings. The number of benzene rings is 1. The summed E-state index contributed by atoms with van der Waals surface area (Å²) in [5.41, 5.74) is 0.847. The van der Waals surface area contributed by atoms with E-state index in [2.05, 4.69) is 6.07 Å². The minimum absolute atomic E-state index is 0.0972. The van der Waals surface area contributed by atoms with Crippen LogP contribution in [0.5, 0.6) is 5.75 Å². The van der Waals surface area contributed by atoms with E-state index in [-0.39, 0.29) is 5.75 Å². The van der Waals surface area contributed by atoms with Crippen LogP contribution in [0.15, 0.2) is 12.1 Å². The number of aromatic hydroxyl groups is 1. The van der Waals surface area contributed by atoms with Gasteiger partial charge in [-0.1, -0.05) is 11.6 Å². The molecule has 9 heavy (non-hydrogen) atoms. The van der Waals surface area contributed by atoms with Crippen LogP contribution in [-0.4, -0.2) is 5.11 Å². The van der Waals surface area contributed by atoms with Crippen LogP contribution >= 0.6 is 11.6 Å². The minimum Gasteiger partial charge on any atom is -0.507 e. The fourth-order valence-corrected chi connectivity index (χ4v) is 0.920. The normalized spacial score (nSPS) is 9.56. The first-order valence-corrected chi connectivity index (χ1v) is 2.95. The summed E-state index contributed by atoms with van der Waals surface area (Å²) in [6, 6.07) is 5.87. The molecule has 0 spiro atoms. The van der Waals surface area contributed by atoms with E-state index >= 15 is 0 Å². The van der Waals surface area contributed by atoms with Crippen LogP contribution in [-0.2, 0) is 0 Å². The van der Waals surface area contributed by atoms with Crippen molar-refractivity contribution in [2.45, 2.75) is 6.92 Å². The molecule has 1 N–H and O–H groups in total. The van der Waals surface area contributed by atoms with Crippen LogP contribution in [0.2, 0.25) is 5.02 Å². The van der Waals surface area contributed by atoms with E-state index in [0.717, 1.165) is 5.56 Å². The van der Waals surface area contributed by atoms with Crippen molar-refractivity contribution in [3.63, 3.8) is 0 Å². The molecule has 0 unspecified atom stereocenters. The van der Waals surface area contributed by atoms with Gasteiger partial charge in [-0.05, 0) is 24.6 Å². The van der Waals surface area contributed by atoms with Crippen molar-refractivity contribution in [2.75, 3.05) is 0 Å². The maximum atomic E-state index is 8.85. The summed E-state index contributed by atoms with van der Waals surface area (Å²) in [4.78, 5) is 0. The van der Waals surface area contributed by atoms with Crippen molar-refractivity contribution in [3.05, 3.63) is 28.8 Å². The number of rotatable bonds is 0. The summed E-state index contributed by atoms with van der Waals surface area (Å²) in [5, 5.41) is 9.40. The van der Waals surface area contributed by atoms with Crippen molar-refractivity contribution in [2.24, 2.45) is 0 Å². The molecule has 0 amide bonds. The molecule has 0 aliphatic heterocycles. The Morgan fingerprint density at radius 2 is 2.22 bits per heavy atom. The molecule has 1 nitrogen and oxygen atoms in total. The van der Waals surface area contributed by atoms with Crippen LogP contribution in [0.25, 0.3) is 0 Å². The topological polar surface area (TPSA) is 20.2 Å². The van der Waals surface area contributed by atoms with Gasteiger partial charge in [-0.15, -0.1) is 0 Å². The van der Waals surface area contributed by atoms with E-state index in [4.69, 9.17) is 16.7 Å². The second-order valence-electron chi connectivity index (χ2n) is 1.87. The highest BCUT2D eigenvalue weighted by molar-refractivity contribution is 6.30. The van der Waals surface area contributed by atoms with Gasteiger partial charge in [0.1, 0.15) is 5.75 Å². The average molecular weight is 142 g/mol. The van der Waals surface area contributed by atoms with Crippen LogP contribution in [0, 0.1) is 13.0 Å². The summed E-state index contributed by atoms with van der Waals surface area (Å²) in [5.74, 6) is 0.0972. The third-order valence-electron chi connectivity index (χ3n) is 0.954.